The van der Waals surface area contributed by atoms with Crippen LogP contribution >= 0.6 is 0 Å². The van der Waals surface area contributed by atoms with E-state index in [2.05, 4.69) is 6.58 Å². The second-order valence-electron chi connectivity index (χ2n) is 3.36. The van der Waals surface area contributed by atoms with E-state index in [1.165, 1.54) is 6.08 Å². The highest BCUT2D eigenvalue weighted by Crippen LogP contribution is 2.24. The molecular weight excluding hydrogens is 188 g/mol. The minimum absolute atomic E-state index is 0.0429. The number of ketones is 1. The molecule has 0 unspecified atom stereocenters. The minimum Gasteiger partial charge on any atom is -0.494 e. The Morgan fingerprint density at radius 1 is 1.40 bits per heavy atom. The summed E-state index contributed by atoms with van der Waals surface area (Å²) in [7, 11) is 0. The van der Waals surface area contributed by atoms with Crippen LogP contribution in [0, 0.1) is 13.8 Å². The maximum atomic E-state index is 11.5. The van der Waals surface area contributed by atoms with Gasteiger partial charge in [-0.15, -0.1) is 0 Å². The molecule has 0 spiro atoms. The van der Waals surface area contributed by atoms with Gasteiger partial charge in [0.25, 0.3) is 0 Å². The van der Waals surface area contributed by atoms with Crippen molar-refractivity contribution >= 4 is 5.78 Å². The molecule has 0 atom stereocenters. The third kappa shape index (κ3) is 2.27. The van der Waals surface area contributed by atoms with E-state index < -0.39 is 0 Å². The molecule has 1 rings (SSSR count). The Morgan fingerprint density at radius 2 is 2.07 bits per heavy atom. The van der Waals surface area contributed by atoms with Crippen LogP contribution in [0.15, 0.2) is 24.8 Å². The molecule has 0 heterocycles. The highest BCUT2D eigenvalue weighted by Gasteiger charge is 2.10. The van der Waals surface area contributed by atoms with Crippen LogP contribution < -0.4 is 4.74 Å². The third-order valence-corrected chi connectivity index (χ3v) is 2.49. The largest absolute Gasteiger partial charge is 0.494 e. The molecule has 0 fully saturated rings. The van der Waals surface area contributed by atoms with E-state index in [-0.39, 0.29) is 5.78 Å². The maximum absolute atomic E-state index is 11.5. The molecule has 0 amide bonds. The predicted octanol–water partition coefficient (Wildman–Crippen LogP) is 3.07. The normalized spacial score (nSPS) is 9.80. The van der Waals surface area contributed by atoms with Crippen LogP contribution in [0.25, 0.3) is 0 Å². The maximum Gasteiger partial charge on any atom is 0.185 e. The van der Waals surface area contributed by atoms with Crippen molar-refractivity contribution in [2.45, 2.75) is 20.8 Å². The van der Waals surface area contributed by atoms with Crippen LogP contribution in [0.2, 0.25) is 0 Å². The number of allylic oxidation sites excluding steroid dienone is 1. The number of benzene rings is 1. The van der Waals surface area contributed by atoms with Crippen LogP contribution in [0.3, 0.4) is 0 Å². The first kappa shape index (κ1) is 11.5. The number of rotatable bonds is 4. The van der Waals surface area contributed by atoms with Gasteiger partial charge < -0.3 is 4.74 Å². The third-order valence-electron chi connectivity index (χ3n) is 2.49. The Hall–Kier alpha value is -1.57. The van der Waals surface area contributed by atoms with Crippen molar-refractivity contribution in [3.8, 4) is 5.75 Å². The predicted molar refractivity (Wildman–Crippen MR) is 61.6 cm³/mol. The topological polar surface area (TPSA) is 26.3 Å². The first-order valence-corrected chi connectivity index (χ1v) is 5.01. The van der Waals surface area contributed by atoms with Crippen LogP contribution in [-0.4, -0.2) is 12.4 Å². The molecule has 0 aliphatic carbocycles. The molecular formula is C13H16O2. The van der Waals surface area contributed by atoms with Crippen molar-refractivity contribution in [2.75, 3.05) is 6.61 Å². The van der Waals surface area contributed by atoms with Gasteiger partial charge in [-0.25, -0.2) is 0 Å². The van der Waals surface area contributed by atoms with E-state index in [4.69, 9.17) is 4.74 Å². The van der Waals surface area contributed by atoms with Gasteiger partial charge in [0.15, 0.2) is 5.78 Å². The van der Waals surface area contributed by atoms with E-state index in [0.717, 1.165) is 16.9 Å². The van der Waals surface area contributed by atoms with Gasteiger partial charge in [-0.05, 0) is 50.1 Å². The standard InChI is InChI=1S/C13H16O2/c1-5-12(14)11-7-8-13(15-6-2)10(4)9(11)3/h5,7-8H,1,6H2,2-4H3. The van der Waals surface area contributed by atoms with Gasteiger partial charge in [-0.3, -0.25) is 4.79 Å². The molecule has 0 bridgehead atoms. The molecule has 2 nitrogen and oxygen atoms in total. The molecule has 0 aromatic heterocycles. The van der Waals surface area contributed by atoms with Gasteiger partial charge in [0.2, 0.25) is 0 Å². The quantitative estimate of drug-likeness (QED) is 0.556. The van der Waals surface area contributed by atoms with Crippen molar-refractivity contribution in [1.82, 2.24) is 0 Å². The molecule has 0 saturated heterocycles. The SMILES string of the molecule is C=CC(=O)c1ccc(OCC)c(C)c1C. The summed E-state index contributed by atoms with van der Waals surface area (Å²) in [5.41, 5.74) is 2.68. The molecule has 0 aliphatic rings. The fraction of sp³-hybridized carbons (Fsp3) is 0.308. The van der Waals surface area contributed by atoms with Crippen LogP contribution in [-0.2, 0) is 0 Å². The van der Waals surface area contributed by atoms with Gasteiger partial charge in [-0.2, -0.15) is 0 Å². The highest BCUT2D eigenvalue weighted by molar-refractivity contribution is 6.05. The average Bonchev–Trinajstić information content (AvgIpc) is 2.24. The zero-order valence-electron chi connectivity index (χ0n) is 9.46. The summed E-state index contributed by atoms with van der Waals surface area (Å²) in [6.45, 7) is 9.95. The van der Waals surface area contributed by atoms with E-state index in [9.17, 15) is 4.79 Å². The van der Waals surface area contributed by atoms with Crippen molar-refractivity contribution < 1.29 is 9.53 Å². The number of carbonyl (C=O) groups is 1. The van der Waals surface area contributed by atoms with Crippen LogP contribution in [0.1, 0.15) is 28.4 Å². The molecule has 0 radical (unpaired) electrons. The summed E-state index contributed by atoms with van der Waals surface area (Å²) in [6.07, 6.45) is 1.34. The molecule has 2 heteroatoms. The lowest BCUT2D eigenvalue weighted by molar-refractivity contribution is 0.104. The fourth-order valence-corrected chi connectivity index (χ4v) is 1.48. The Kier molecular flexibility index (Phi) is 3.67. The molecule has 80 valence electrons. The number of ether oxygens (including phenoxy) is 1. The lowest BCUT2D eigenvalue weighted by Gasteiger charge is -2.11. The molecule has 1 aromatic carbocycles. The number of hydrogen-bond donors (Lipinski definition) is 0. The van der Waals surface area contributed by atoms with E-state index in [1.807, 2.05) is 26.8 Å². The first-order valence-electron chi connectivity index (χ1n) is 5.01. The zero-order chi connectivity index (χ0) is 11.4. The summed E-state index contributed by atoms with van der Waals surface area (Å²) < 4.78 is 5.45. The van der Waals surface area contributed by atoms with Crippen molar-refractivity contribution in [3.05, 3.63) is 41.5 Å². The highest BCUT2D eigenvalue weighted by atomic mass is 16.5. The van der Waals surface area contributed by atoms with E-state index >= 15 is 0 Å². The monoisotopic (exact) mass is 204 g/mol. The Labute approximate surface area is 90.6 Å². The average molecular weight is 204 g/mol. The molecule has 15 heavy (non-hydrogen) atoms. The fourth-order valence-electron chi connectivity index (χ4n) is 1.48. The number of hydrogen-bond acceptors (Lipinski definition) is 2. The second-order valence-corrected chi connectivity index (χ2v) is 3.36. The summed E-state index contributed by atoms with van der Waals surface area (Å²) >= 11 is 0. The molecule has 0 aliphatic heterocycles. The Morgan fingerprint density at radius 3 is 2.60 bits per heavy atom. The summed E-state index contributed by atoms with van der Waals surface area (Å²) in [5.74, 6) is 0.800. The van der Waals surface area contributed by atoms with E-state index in [0.29, 0.717) is 12.2 Å². The van der Waals surface area contributed by atoms with Gasteiger partial charge in [0.05, 0.1) is 6.61 Å². The Bertz CT molecular complexity index is 392. The van der Waals surface area contributed by atoms with Crippen LogP contribution in [0.4, 0.5) is 0 Å². The van der Waals surface area contributed by atoms with Gasteiger partial charge >= 0.3 is 0 Å². The second kappa shape index (κ2) is 4.78. The smallest absolute Gasteiger partial charge is 0.185 e. The van der Waals surface area contributed by atoms with Gasteiger partial charge in [0.1, 0.15) is 5.75 Å². The van der Waals surface area contributed by atoms with Crippen molar-refractivity contribution in [2.24, 2.45) is 0 Å². The summed E-state index contributed by atoms with van der Waals surface area (Å²) in [6, 6.07) is 3.62. The lowest BCUT2D eigenvalue weighted by Crippen LogP contribution is -2.02. The Balaban J connectivity index is 3.20. The minimum atomic E-state index is -0.0429. The van der Waals surface area contributed by atoms with Gasteiger partial charge in [0, 0.05) is 5.56 Å². The summed E-state index contributed by atoms with van der Waals surface area (Å²) in [4.78, 5) is 11.5. The summed E-state index contributed by atoms with van der Waals surface area (Å²) in [5, 5.41) is 0. The molecule has 0 saturated carbocycles. The van der Waals surface area contributed by atoms with Crippen molar-refractivity contribution in [1.29, 1.82) is 0 Å². The molecule has 0 N–H and O–H groups in total. The van der Waals surface area contributed by atoms with Gasteiger partial charge in [-0.1, -0.05) is 6.58 Å². The lowest BCUT2D eigenvalue weighted by atomic mass is 9.99. The van der Waals surface area contributed by atoms with Crippen molar-refractivity contribution in [3.63, 3.8) is 0 Å². The number of carbonyl (C=O) groups excluding carboxylic acids is 1. The van der Waals surface area contributed by atoms with Crippen LogP contribution in [0.5, 0.6) is 5.75 Å². The zero-order valence-corrected chi connectivity index (χ0v) is 9.46. The first-order chi connectivity index (χ1) is 7.11. The van der Waals surface area contributed by atoms with E-state index in [1.54, 1.807) is 6.07 Å². The molecule has 1 aromatic rings.